The molecule has 3 rings (SSSR count). The maximum absolute atomic E-state index is 13.1. The molecule has 0 bridgehead atoms. The lowest BCUT2D eigenvalue weighted by Gasteiger charge is -2.36. The van der Waals surface area contributed by atoms with Gasteiger partial charge in [-0.05, 0) is 12.1 Å². The molecule has 1 saturated heterocycles. The molecule has 2 aromatic rings. The van der Waals surface area contributed by atoms with Gasteiger partial charge in [0.25, 0.3) is 0 Å². The number of pyridine rings is 1. The Morgan fingerprint density at radius 1 is 1.05 bits per heavy atom. The maximum atomic E-state index is 13.1. The molecule has 1 aliphatic rings. The van der Waals surface area contributed by atoms with Crippen molar-refractivity contribution in [1.29, 1.82) is 5.26 Å². The van der Waals surface area contributed by atoms with E-state index < -0.39 is 5.95 Å². The highest BCUT2D eigenvalue weighted by molar-refractivity contribution is 5.47. The number of hydrogen-bond acceptors (Lipinski definition) is 6. The minimum atomic E-state index is -0.472. The van der Waals surface area contributed by atoms with Crippen molar-refractivity contribution in [3.05, 3.63) is 42.2 Å². The van der Waals surface area contributed by atoms with Crippen LogP contribution in [0.3, 0.4) is 0 Å². The van der Waals surface area contributed by atoms with E-state index in [1.807, 2.05) is 11.0 Å². The SMILES string of the molecule is N#Cc1ccnc(N2CCN(c3ccnc(F)c3)CC2)n1. The Hall–Kier alpha value is -2.75. The average molecular weight is 284 g/mol. The van der Waals surface area contributed by atoms with Gasteiger partial charge in [0.05, 0.1) is 0 Å². The summed E-state index contributed by atoms with van der Waals surface area (Å²) in [6.07, 6.45) is 3.06. The number of aromatic nitrogens is 3. The minimum absolute atomic E-state index is 0.360. The molecule has 7 heteroatoms. The highest BCUT2D eigenvalue weighted by atomic mass is 19.1. The van der Waals surface area contributed by atoms with Gasteiger partial charge in [0.2, 0.25) is 11.9 Å². The first-order valence-corrected chi connectivity index (χ1v) is 6.61. The van der Waals surface area contributed by atoms with Gasteiger partial charge in [-0.1, -0.05) is 0 Å². The standard InChI is InChI=1S/C14H13FN6/c15-13-9-12(2-4-17-13)20-5-7-21(8-6-20)14-18-3-1-11(10-16)19-14/h1-4,9H,5-8H2. The van der Waals surface area contributed by atoms with Crippen molar-refractivity contribution in [2.75, 3.05) is 36.0 Å². The topological polar surface area (TPSA) is 68.9 Å². The van der Waals surface area contributed by atoms with Gasteiger partial charge < -0.3 is 9.80 Å². The Balaban J connectivity index is 1.69. The lowest BCUT2D eigenvalue weighted by molar-refractivity contribution is 0.580. The van der Waals surface area contributed by atoms with E-state index >= 15 is 0 Å². The number of rotatable bonds is 2. The molecule has 0 N–H and O–H groups in total. The zero-order valence-corrected chi connectivity index (χ0v) is 11.3. The van der Waals surface area contributed by atoms with Crippen LogP contribution in [0.1, 0.15) is 5.69 Å². The van der Waals surface area contributed by atoms with Gasteiger partial charge in [0.1, 0.15) is 11.8 Å². The van der Waals surface area contributed by atoms with Crippen LogP contribution in [0.5, 0.6) is 0 Å². The van der Waals surface area contributed by atoms with E-state index in [2.05, 4.69) is 19.9 Å². The summed E-state index contributed by atoms with van der Waals surface area (Å²) < 4.78 is 13.1. The van der Waals surface area contributed by atoms with Crippen molar-refractivity contribution in [2.45, 2.75) is 0 Å². The summed E-state index contributed by atoms with van der Waals surface area (Å²) >= 11 is 0. The predicted octanol–water partition coefficient (Wildman–Crippen LogP) is 1.21. The van der Waals surface area contributed by atoms with Crippen LogP contribution in [-0.4, -0.2) is 41.1 Å². The quantitative estimate of drug-likeness (QED) is 0.772. The molecular weight excluding hydrogens is 271 g/mol. The molecule has 0 atom stereocenters. The lowest BCUT2D eigenvalue weighted by Crippen LogP contribution is -2.47. The Bertz CT molecular complexity index is 675. The lowest BCUT2D eigenvalue weighted by atomic mass is 10.2. The highest BCUT2D eigenvalue weighted by Crippen LogP contribution is 2.18. The van der Waals surface area contributed by atoms with Gasteiger partial charge in [-0.15, -0.1) is 0 Å². The Kier molecular flexibility index (Phi) is 3.60. The van der Waals surface area contributed by atoms with E-state index in [1.165, 1.54) is 12.3 Å². The van der Waals surface area contributed by atoms with E-state index in [0.717, 1.165) is 31.9 Å². The summed E-state index contributed by atoms with van der Waals surface area (Å²) in [6, 6.07) is 6.82. The monoisotopic (exact) mass is 284 g/mol. The van der Waals surface area contributed by atoms with E-state index in [9.17, 15) is 4.39 Å². The van der Waals surface area contributed by atoms with Gasteiger partial charge in [0, 0.05) is 50.3 Å². The third-order valence-corrected chi connectivity index (χ3v) is 3.40. The number of piperazine rings is 1. The first kappa shape index (κ1) is 13.2. The fourth-order valence-corrected chi connectivity index (χ4v) is 2.32. The van der Waals surface area contributed by atoms with Gasteiger partial charge in [0.15, 0.2) is 0 Å². The molecule has 3 heterocycles. The smallest absolute Gasteiger partial charge is 0.226 e. The molecule has 0 aromatic carbocycles. The van der Waals surface area contributed by atoms with Crippen molar-refractivity contribution >= 4 is 11.6 Å². The second kappa shape index (κ2) is 5.71. The van der Waals surface area contributed by atoms with Crippen molar-refractivity contribution in [2.24, 2.45) is 0 Å². The molecule has 0 aliphatic carbocycles. The zero-order chi connectivity index (χ0) is 14.7. The molecule has 1 aliphatic heterocycles. The van der Waals surface area contributed by atoms with Crippen LogP contribution >= 0.6 is 0 Å². The molecule has 106 valence electrons. The van der Waals surface area contributed by atoms with Crippen molar-refractivity contribution in [3.63, 3.8) is 0 Å². The molecule has 0 spiro atoms. The van der Waals surface area contributed by atoms with Crippen LogP contribution in [0.4, 0.5) is 16.0 Å². The minimum Gasteiger partial charge on any atom is -0.368 e. The Morgan fingerprint density at radius 2 is 1.76 bits per heavy atom. The highest BCUT2D eigenvalue weighted by Gasteiger charge is 2.19. The Morgan fingerprint density at radius 3 is 2.48 bits per heavy atom. The summed E-state index contributed by atoms with van der Waals surface area (Å²) in [6.45, 7) is 2.92. The third kappa shape index (κ3) is 2.89. The second-order valence-electron chi connectivity index (χ2n) is 4.66. The maximum Gasteiger partial charge on any atom is 0.226 e. The molecule has 0 radical (unpaired) electrons. The number of hydrogen-bond donors (Lipinski definition) is 0. The molecule has 1 fully saturated rings. The van der Waals surface area contributed by atoms with Gasteiger partial charge in [-0.25, -0.2) is 15.0 Å². The van der Waals surface area contributed by atoms with Crippen molar-refractivity contribution in [1.82, 2.24) is 15.0 Å². The van der Waals surface area contributed by atoms with Crippen LogP contribution in [0.2, 0.25) is 0 Å². The van der Waals surface area contributed by atoms with Crippen LogP contribution < -0.4 is 9.80 Å². The van der Waals surface area contributed by atoms with Crippen LogP contribution in [-0.2, 0) is 0 Å². The molecule has 2 aromatic heterocycles. The average Bonchev–Trinajstić information content (AvgIpc) is 2.55. The van der Waals surface area contributed by atoms with Gasteiger partial charge >= 0.3 is 0 Å². The predicted molar refractivity (Wildman–Crippen MR) is 75.4 cm³/mol. The fourth-order valence-electron chi connectivity index (χ4n) is 2.32. The first-order chi connectivity index (χ1) is 10.3. The van der Waals surface area contributed by atoms with E-state index in [-0.39, 0.29) is 0 Å². The fraction of sp³-hybridized carbons (Fsp3) is 0.286. The molecular formula is C14H13FN6. The van der Waals surface area contributed by atoms with E-state index in [4.69, 9.17) is 5.26 Å². The molecule has 0 saturated carbocycles. The van der Waals surface area contributed by atoms with Crippen LogP contribution in [0.15, 0.2) is 30.6 Å². The molecule has 0 unspecified atom stereocenters. The number of nitrogens with zero attached hydrogens (tertiary/aromatic N) is 6. The summed E-state index contributed by atoms with van der Waals surface area (Å²) in [5, 5.41) is 8.87. The van der Waals surface area contributed by atoms with E-state index in [0.29, 0.717) is 11.6 Å². The largest absolute Gasteiger partial charge is 0.368 e. The summed E-state index contributed by atoms with van der Waals surface area (Å²) in [5.41, 5.74) is 1.19. The van der Waals surface area contributed by atoms with Gasteiger partial charge in [-0.3, -0.25) is 0 Å². The normalized spacial score (nSPS) is 14.9. The second-order valence-corrected chi connectivity index (χ2v) is 4.66. The van der Waals surface area contributed by atoms with Crippen molar-refractivity contribution < 1.29 is 4.39 Å². The molecule has 0 amide bonds. The van der Waals surface area contributed by atoms with Crippen LogP contribution in [0, 0.1) is 17.3 Å². The number of nitriles is 1. The summed E-state index contributed by atoms with van der Waals surface area (Å²) in [5.74, 6) is 0.0922. The summed E-state index contributed by atoms with van der Waals surface area (Å²) in [7, 11) is 0. The zero-order valence-electron chi connectivity index (χ0n) is 11.3. The third-order valence-electron chi connectivity index (χ3n) is 3.40. The molecule has 6 nitrogen and oxygen atoms in total. The van der Waals surface area contributed by atoms with Crippen LogP contribution in [0.25, 0.3) is 0 Å². The Labute approximate surface area is 121 Å². The summed E-state index contributed by atoms with van der Waals surface area (Å²) in [4.78, 5) is 16.1. The molecule has 21 heavy (non-hydrogen) atoms. The first-order valence-electron chi connectivity index (χ1n) is 6.61. The van der Waals surface area contributed by atoms with Crippen molar-refractivity contribution in [3.8, 4) is 6.07 Å². The number of anilines is 2. The van der Waals surface area contributed by atoms with E-state index in [1.54, 1.807) is 18.3 Å². The van der Waals surface area contributed by atoms with Gasteiger partial charge in [-0.2, -0.15) is 9.65 Å². The number of halogens is 1.